The number of carbonyl (C=O) groups excluding carboxylic acids is 1. The van der Waals surface area contributed by atoms with Crippen LogP contribution in [-0.4, -0.2) is 66.2 Å². The first-order chi connectivity index (χ1) is 21.6. The third kappa shape index (κ3) is 4.86. The molecule has 9 heteroatoms. The molecule has 1 N–H and O–H groups in total. The highest BCUT2D eigenvalue weighted by Gasteiger charge is 2.66. The normalized spacial score (nSPS) is 27.0. The molecule has 2 fully saturated rings. The van der Waals surface area contributed by atoms with Crippen LogP contribution in [0.15, 0.2) is 66.7 Å². The summed E-state index contributed by atoms with van der Waals surface area (Å²) in [7, 11) is 3.38. The number of methoxy groups -OCH3 is 1. The molecule has 6 atom stereocenters. The Bertz CT molecular complexity index is 1670. The largest absolute Gasteiger partial charge is 0.493 e. The van der Waals surface area contributed by atoms with Crippen molar-refractivity contribution in [3.63, 3.8) is 0 Å². The molecule has 1 saturated heterocycles. The molecule has 2 heterocycles. The zero-order chi connectivity index (χ0) is 31.5. The van der Waals surface area contributed by atoms with Crippen molar-refractivity contribution in [2.24, 2.45) is 5.92 Å². The van der Waals surface area contributed by atoms with Gasteiger partial charge in [-0.25, -0.2) is 0 Å². The molecule has 45 heavy (non-hydrogen) atoms. The van der Waals surface area contributed by atoms with Gasteiger partial charge in [-0.2, -0.15) is 13.2 Å². The SMILES string of the molecule is COc1ccc2c3c1O[C@H]1[C@H](N(C)C(=O)C#Cc4ccc(C(F)(F)F)cc4)CC[C@H]4[C@@H](C2)N(CC(O)c2ccccc2)CC[C@@]341. The molecule has 2 aliphatic heterocycles. The first-order valence-electron chi connectivity index (χ1n) is 15.4. The first-order valence-corrected chi connectivity index (χ1v) is 15.4. The molecule has 1 amide bonds. The van der Waals surface area contributed by atoms with E-state index >= 15 is 0 Å². The molecule has 1 saturated carbocycles. The molecule has 1 unspecified atom stereocenters. The van der Waals surface area contributed by atoms with E-state index in [-0.39, 0.29) is 29.5 Å². The van der Waals surface area contributed by atoms with Crippen molar-refractivity contribution in [2.45, 2.75) is 61.6 Å². The monoisotopic (exact) mass is 616 g/mol. The van der Waals surface area contributed by atoms with E-state index in [1.54, 1.807) is 19.1 Å². The minimum absolute atomic E-state index is 0.219. The topological polar surface area (TPSA) is 62.2 Å². The number of β-amino-alcohol motifs (C(OH)–C–C–N with tert-alkyl or cyclic N) is 1. The Balaban J connectivity index is 1.18. The van der Waals surface area contributed by atoms with Crippen LogP contribution in [-0.2, 0) is 22.8 Å². The van der Waals surface area contributed by atoms with Gasteiger partial charge in [0.05, 0.1) is 24.8 Å². The van der Waals surface area contributed by atoms with E-state index in [2.05, 4.69) is 22.8 Å². The van der Waals surface area contributed by atoms with Gasteiger partial charge in [0.25, 0.3) is 5.91 Å². The fourth-order valence-electron chi connectivity index (χ4n) is 8.48. The van der Waals surface area contributed by atoms with E-state index in [1.807, 2.05) is 36.4 Å². The third-order valence-corrected chi connectivity index (χ3v) is 10.5. The number of aliphatic hydroxyl groups excluding tert-OH is 1. The van der Waals surface area contributed by atoms with Crippen LogP contribution >= 0.6 is 0 Å². The maximum atomic E-state index is 13.4. The number of nitrogens with zero attached hydrogens (tertiary/aromatic N) is 2. The number of hydrogen-bond acceptors (Lipinski definition) is 5. The lowest BCUT2D eigenvalue weighted by molar-refractivity contribution is -0.137. The maximum absolute atomic E-state index is 13.4. The van der Waals surface area contributed by atoms with Gasteiger partial charge in [-0.15, -0.1) is 0 Å². The van der Waals surface area contributed by atoms with Crippen molar-refractivity contribution in [2.75, 3.05) is 27.2 Å². The zero-order valence-electron chi connectivity index (χ0n) is 25.2. The standard InChI is InChI=1S/C36H35F3N2O4/c1-40(31(43)17-10-22-8-12-25(13-9-22)36(37,38)39)27-15-14-26-28-20-24-11-16-30(44-2)33-32(24)35(26,34(27)45-33)18-19-41(28)21-29(42)23-6-4-3-5-7-23/h3-9,11-13,16,26-29,34,42H,14-15,18-21H2,1-2H3/t26-,27+,28+,29?,34-,35-/m0/s1. The number of ether oxygens (including phenoxy) is 2. The van der Waals surface area contributed by atoms with Crippen LogP contribution in [0.1, 0.15) is 53.2 Å². The lowest BCUT2D eigenvalue weighted by Crippen LogP contribution is -2.69. The van der Waals surface area contributed by atoms with E-state index in [0.717, 1.165) is 55.7 Å². The van der Waals surface area contributed by atoms with E-state index < -0.39 is 23.8 Å². The van der Waals surface area contributed by atoms with Crippen LogP contribution in [0.2, 0.25) is 0 Å². The van der Waals surface area contributed by atoms with Crippen LogP contribution < -0.4 is 9.47 Å². The summed E-state index contributed by atoms with van der Waals surface area (Å²) in [4.78, 5) is 17.5. The second kappa shape index (κ2) is 11.1. The smallest absolute Gasteiger partial charge is 0.416 e. The average Bonchev–Trinajstić information content (AvgIpc) is 3.39. The van der Waals surface area contributed by atoms with Crippen molar-refractivity contribution in [3.05, 3.63) is 94.5 Å². The highest BCUT2D eigenvalue weighted by molar-refractivity contribution is 5.94. The molecule has 1 spiro atoms. The van der Waals surface area contributed by atoms with Gasteiger partial charge in [0.2, 0.25) is 0 Å². The molecule has 7 rings (SSSR count). The zero-order valence-corrected chi connectivity index (χ0v) is 25.2. The summed E-state index contributed by atoms with van der Waals surface area (Å²) >= 11 is 0. The fourth-order valence-corrected chi connectivity index (χ4v) is 8.48. The predicted octanol–water partition coefficient (Wildman–Crippen LogP) is 5.37. The third-order valence-electron chi connectivity index (χ3n) is 10.5. The molecule has 2 aliphatic carbocycles. The number of aliphatic hydroxyl groups is 1. The van der Waals surface area contributed by atoms with Crippen molar-refractivity contribution in [1.29, 1.82) is 0 Å². The van der Waals surface area contributed by atoms with Gasteiger partial charge in [0.1, 0.15) is 6.10 Å². The van der Waals surface area contributed by atoms with E-state index in [4.69, 9.17) is 9.47 Å². The van der Waals surface area contributed by atoms with Gasteiger partial charge in [-0.1, -0.05) is 42.3 Å². The van der Waals surface area contributed by atoms with Crippen LogP contribution in [0.3, 0.4) is 0 Å². The number of carbonyl (C=O) groups is 1. The summed E-state index contributed by atoms with van der Waals surface area (Å²) in [5.41, 5.74) is 2.61. The van der Waals surface area contributed by atoms with E-state index in [9.17, 15) is 23.1 Å². The van der Waals surface area contributed by atoms with Crippen LogP contribution in [0.25, 0.3) is 0 Å². The van der Waals surface area contributed by atoms with E-state index in [0.29, 0.717) is 17.9 Å². The Morgan fingerprint density at radius 2 is 1.89 bits per heavy atom. The van der Waals surface area contributed by atoms with Gasteiger partial charge in [-0.3, -0.25) is 9.69 Å². The molecular weight excluding hydrogens is 581 g/mol. The lowest BCUT2D eigenvalue weighted by atomic mass is 9.51. The van der Waals surface area contributed by atoms with Crippen molar-refractivity contribution >= 4 is 5.91 Å². The molecule has 4 aliphatic rings. The Kier molecular flexibility index (Phi) is 7.33. The van der Waals surface area contributed by atoms with Crippen molar-refractivity contribution in [3.8, 4) is 23.3 Å². The molecule has 3 aromatic carbocycles. The molecular formula is C36H35F3N2O4. The van der Waals surface area contributed by atoms with Gasteiger partial charge in [0, 0.05) is 42.1 Å². The van der Waals surface area contributed by atoms with Crippen LogP contribution in [0.5, 0.6) is 11.5 Å². The highest BCUT2D eigenvalue weighted by atomic mass is 19.4. The molecule has 0 aromatic heterocycles. The summed E-state index contributed by atoms with van der Waals surface area (Å²) in [6.45, 7) is 1.34. The average molecular weight is 617 g/mol. The second-order valence-corrected chi connectivity index (χ2v) is 12.6. The summed E-state index contributed by atoms with van der Waals surface area (Å²) in [6.07, 6.45) is -2.04. The first kappa shape index (κ1) is 29.7. The van der Waals surface area contributed by atoms with Crippen molar-refractivity contribution < 1.29 is 32.5 Å². The second-order valence-electron chi connectivity index (χ2n) is 12.6. The molecule has 2 bridgehead atoms. The maximum Gasteiger partial charge on any atom is 0.416 e. The van der Waals surface area contributed by atoms with Gasteiger partial charge >= 0.3 is 6.18 Å². The Morgan fingerprint density at radius 3 is 2.60 bits per heavy atom. The summed E-state index contributed by atoms with van der Waals surface area (Å²) in [6, 6.07) is 18.3. The van der Waals surface area contributed by atoms with Crippen molar-refractivity contribution in [1.82, 2.24) is 9.80 Å². The molecule has 0 radical (unpaired) electrons. The number of alkyl halides is 3. The van der Waals surface area contributed by atoms with E-state index in [1.165, 1.54) is 23.3 Å². The van der Waals surface area contributed by atoms with Crippen LogP contribution in [0.4, 0.5) is 13.2 Å². The molecule has 3 aromatic rings. The van der Waals surface area contributed by atoms with Crippen LogP contribution in [0, 0.1) is 17.8 Å². The summed E-state index contributed by atoms with van der Waals surface area (Å²) < 4.78 is 51.5. The number of hydrogen-bond donors (Lipinski definition) is 1. The fraction of sp³-hybridized carbons (Fsp3) is 0.417. The van der Waals surface area contributed by atoms with Gasteiger partial charge in [-0.05, 0) is 79.6 Å². The number of likely N-dealkylation sites (N-methyl/N-ethyl adjacent to an activating group) is 1. The highest BCUT2D eigenvalue weighted by Crippen LogP contribution is 2.64. The number of likely N-dealkylation sites (tertiary alicyclic amines) is 1. The lowest BCUT2D eigenvalue weighted by Gasteiger charge is -2.60. The Morgan fingerprint density at radius 1 is 1.13 bits per heavy atom. The van der Waals surface area contributed by atoms with Gasteiger partial charge < -0.3 is 19.5 Å². The molecule has 234 valence electrons. The number of rotatable bonds is 5. The minimum atomic E-state index is -4.43. The Hall–Kier alpha value is -4.00. The summed E-state index contributed by atoms with van der Waals surface area (Å²) in [5.74, 6) is 6.72. The molecule has 6 nitrogen and oxygen atoms in total. The number of piperidine rings is 1. The number of benzene rings is 3. The van der Waals surface area contributed by atoms with Gasteiger partial charge in [0.15, 0.2) is 11.5 Å². The summed E-state index contributed by atoms with van der Waals surface area (Å²) in [5, 5.41) is 11.2. The number of halogens is 3. The number of amides is 1. The quantitative estimate of drug-likeness (QED) is 0.391. The minimum Gasteiger partial charge on any atom is -0.493 e. The Labute approximate surface area is 260 Å². The predicted molar refractivity (Wildman–Crippen MR) is 162 cm³/mol.